The van der Waals surface area contributed by atoms with Crippen LogP contribution in [0.4, 0.5) is 5.69 Å². The van der Waals surface area contributed by atoms with Crippen molar-refractivity contribution < 1.29 is 23.1 Å². The highest BCUT2D eigenvalue weighted by atomic mass is 32.2. The quantitative estimate of drug-likeness (QED) is 0.662. The molecule has 1 rings (SSSR count). The number of aliphatic carboxylic acids is 1. The third-order valence-corrected chi connectivity index (χ3v) is 2.00. The minimum absolute atomic E-state index is 0.269. The van der Waals surface area contributed by atoms with Crippen molar-refractivity contribution in [1.82, 2.24) is 0 Å². The van der Waals surface area contributed by atoms with Gasteiger partial charge in [-0.1, -0.05) is 0 Å². The fraction of sp³-hybridized carbons (Fsp3) is 0.125. The van der Waals surface area contributed by atoms with E-state index in [9.17, 15) is 13.2 Å². The Morgan fingerprint density at radius 3 is 2.38 bits per heavy atom. The molecule has 0 heterocycles. The number of hydrogen-bond acceptors (Lipinski definition) is 4. The number of benzene rings is 1. The van der Waals surface area contributed by atoms with Crippen molar-refractivity contribution in [2.45, 2.75) is 0 Å². The monoisotopic (exact) mass is 246 g/mol. The Morgan fingerprint density at radius 2 is 1.94 bits per heavy atom. The lowest BCUT2D eigenvalue weighted by Gasteiger charge is -2.05. The van der Waals surface area contributed by atoms with Gasteiger partial charge in [0.2, 0.25) is 0 Å². The summed E-state index contributed by atoms with van der Waals surface area (Å²) >= 11 is 0. The van der Waals surface area contributed by atoms with Gasteiger partial charge < -0.3 is 9.84 Å². The van der Waals surface area contributed by atoms with Crippen molar-refractivity contribution >= 4 is 21.9 Å². The molecule has 0 aromatic heterocycles. The molecule has 16 heavy (non-hydrogen) atoms. The second-order valence-corrected chi connectivity index (χ2v) is 4.15. The second kappa shape index (κ2) is 4.81. The van der Waals surface area contributed by atoms with Crippen LogP contribution in [0.3, 0.4) is 0 Å². The van der Waals surface area contributed by atoms with Crippen LogP contribution >= 0.6 is 0 Å². The lowest BCUT2D eigenvalue weighted by molar-refractivity contribution is -0.139. The van der Waals surface area contributed by atoms with Gasteiger partial charge in [0.05, 0.1) is 0 Å². The Balaban J connectivity index is 2.64. The molecule has 0 unspecified atom stereocenters. The highest BCUT2D eigenvalue weighted by Gasteiger charge is 2.03. The van der Waals surface area contributed by atoms with E-state index >= 15 is 0 Å². The summed E-state index contributed by atoms with van der Waals surface area (Å²) in [7, 11) is -3.80. The van der Waals surface area contributed by atoms with Gasteiger partial charge in [-0.25, -0.2) is 9.93 Å². The summed E-state index contributed by atoms with van der Waals surface area (Å²) in [4.78, 5) is 10.2. The summed E-state index contributed by atoms with van der Waals surface area (Å²) in [5.41, 5.74) is 0.269. The van der Waals surface area contributed by atoms with Crippen LogP contribution in [0.15, 0.2) is 24.3 Å². The van der Waals surface area contributed by atoms with Crippen LogP contribution in [-0.4, -0.2) is 26.1 Å². The van der Waals surface area contributed by atoms with Crippen LogP contribution in [0.1, 0.15) is 0 Å². The van der Waals surface area contributed by atoms with Gasteiger partial charge in [0.25, 0.3) is 10.2 Å². The predicted molar refractivity (Wildman–Crippen MR) is 56.3 cm³/mol. The molecule has 1 aromatic carbocycles. The largest absolute Gasteiger partial charge is 0.482 e. The maximum atomic E-state index is 10.7. The highest BCUT2D eigenvalue weighted by Crippen LogP contribution is 2.15. The van der Waals surface area contributed by atoms with Gasteiger partial charge in [-0.2, -0.15) is 8.42 Å². The molecule has 1 aromatic rings. The number of nitrogens with two attached hydrogens (primary N) is 1. The van der Waals surface area contributed by atoms with Crippen LogP contribution in [0.5, 0.6) is 5.75 Å². The van der Waals surface area contributed by atoms with E-state index in [0.29, 0.717) is 5.75 Å². The first-order valence-electron chi connectivity index (χ1n) is 4.12. The SMILES string of the molecule is NS(=O)(=O)Nc1ccc(OCC(=O)O)cc1. The van der Waals surface area contributed by atoms with E-state index < -0.39 is 22.8 Å². The molecular formula is C8H10N2O5S. The minimum atomic E-state index is -3.80. The van der Waals surface area contributed by atoms with Gasteiger partial charge in [-0.15, -0.1) is 0 Å². The third-order valence-electron chi connectivity index (χ3n) is 1.48. The van der Waals surface area contributed by atoms with E-state index in [1.165, 1.54) is 24.3 Å². The number of rotatable bonds is 5. The zero-order valence-electron chi connectivity index (χ0n) is 8.08. The summed E-state index contributed by atoms with van der Waals surface area (Å²) in [5, 5.41) is 13.1. The number of carboxylic acids is 1. The maximum absolute atomic E-state index is 10.7. The Morgan fingerprint density at radius 1 is 1.38 bits per heavy atom. The summed E-state index contributed by atoms with van der Waals surface area (Å²) in [6, 6.07) is 5.66. The van der Waals surface area contributed by atoms with Gasteiger partial charge in [0.1, 0.15) is 5.75 Å². The Labute approximate surface area is 92.0 Å². The number of nitrogens with one attached hydrogen (secondary N) is 1. The van der Waals surface area contributed by atoms with Gasteiger partial charge >= 0.3 is 5.97 Å². The highest BCUT2D eigenvalue weighted by molar-refractivity contribution is 7.90. The van der Waals surface area contributed by atoms with Crippen molar-refractivity contribution in [2.75, 3.05) is 11.3 Å². The normalized spacial score (nSPS) is 10.8. The topological polar surface area (TPSA) is 119 Å². The van der Waals surface area contributed by atoms with Crippen molar-refractivity contribution in [2.24, 2.45) is 5.14 Å². The minimum Gasteiger partial charge on any atom is -0.482 e. The lowest BCUT2D eigenvalue weighted by atomic mass is 10.3. The molecule has 8 heteroatoms. The van der Waals surface area contributed by atoms with Crippen LogP contribution < -0.4 is 14.6 Å². The molecule has 7 nitrogen and oxygen atoms in total. The number of ether oxygens (including phenoxy) is 1. The average molecular weight is 246 g/mol. The van der Waals surface area contributed by atoms with E-state index in [4.69, 9.17) is 15.0 Å². The van der Waals surface area contributed by atoms with Crippen LogP contribution in [0.2, 0.25) is 0 Å². The first-order chi connectivity index (χ1) is 7.37. The second-order valence-electron chi connectivity index (χ2n) is 2.85. The van der Waals surface area contributed by atoms with Crippen molar-refractivity contribution in [3.05, 3.63) is 24.3 Å². The molecule has 0 aliphatic rings. The Hall–Kier alpha value is -1.80. The van der Waals surface area contributed by atoms with Crippen LogP contribution in [0.25, 0.3) is 0 Å². The molecule has 0 radical (unpaired) electrons. The van der Waals surface area contributed by atoms with Crippen LogP contribution in [-0.2, 0) is 15.0 Å². The molecule has 0 bridgehead atoms. The fourth-order valence-electron chi connectivity index (χ4n) is 0.929. The predicted octanol–water partition coefficient (Wildman–Crippen LogP) is -0.235. The Bertz CT molecular complexity index is 468. The van der Waals surface area contributed by atoms with E-state index in [2.05, 4.69) is 4.72 Å². The van der Waals surface area contributed by atoms with Gasteiger partial charge in [-0.3, -0.25) is 4.72 Å². The van der Waals surface area contributed by atoms with E-state index in [-0.39, 0.29) is 5.69 Å². The molecule has 0 amide bonds. The number of anilines is 1. The molecule has 0 fully saturated rings. The van der Waals surface area contributed by atoms with E-state index in [1.54, 1.807) is 0 Å². The zero-order valence-corrected chi connectivity index (χ0v) is 8.90. The van der Waals surface area contributed by atoms with Gasteiger partial charge in [0, 0.05) is 5.69 Å². The standard InChI is InChI=1S/C8H10N2O5S/c9-16(13,14)10-6-1-3-7(4-2-6)15-5-8(11)12/h1-4,10H,5H2,(H,11,12)(H2,9,13,14). The Kier molecular flexibility index (Phi) is 3.69. The van der Waals surface area contributed by atoms with Crippen molar-refractivity contribution in [1.29, 1.82) is 0 Å². The zero-order chi connectivity index (χ0) is 12.2. The number of carboxylic acid groups (broad SMARTS) is 1. The molecule has 0 saturated carbocycles. The van der Waals surface area contributed by atoms with Gasteiger partial charge in [-0.05, 0) is 24.3 Å². The maximum Gasteiger partial charge on any atom is 0.341 e. The fourth-order valence-corrected chi connectivity index (χ4v) is 1.39. The molecule has 0 aliphatic carbocycles. The first kappa shape index (κ1) is 12.3. The number of hydrogen-bond donors (Lipinski definition) is 3. The first-order valence-corrected chi connectivity index (χ1v) is 5.66. The van der Waals surface area contributed by atoms with Crippen LogP contribution in [0, 0.1) is 0 Å². The van der Waals surface area contributed by atoms with E-state index in [0.717, 1.165) is 0 Å². The molecule has 0 aliphatic heterocycles. The summed E-state index contributed by atoms with van der Waals surface area (Å²) in [6.07, 6.45) is 0. The third kappa shape index (κ3) is 4.62. The molecule has 4 N–H and O–H groups in total. The lowest BCUT2D eigenvalue weighted by Crippen LogP contribution is -2.21. The molecule has 0 saturated heterocycles. The summed E-state index contributed by atoms with van der Waals surface area (Å²) < 4.78 is 28.2. The molecule has 0 spiro atoms. The smallest absolute Gasteiger partial charge is 0.341 e. The molecule has 0 atom stereocenters. The van der Waals surface area contributed by atoms with Crippen molar-refractivity contribution in [3.63, 3.8) is 0 Å². The number of carbonyl (C=O) groups is 1. The van der Waals surface area contributed by atoms with Gasteiger partial charge in [0.15, 0.2) is 6.61 Å². The van der Waals surface area contributed by atoms with E-state index in [1.807, 2.05) is 0 Å². The van der Waals surface area contributed by atoms with Crippen molar-refractivity contribution in [3.8, 4) is 5.75 Å². The molecular weight excluding hydrogens is 236 g/mol. The summed E-state index contributed by atoms with van der Waals surface area (Å²) in [5.74, 6) is -0.769. The molecule has 88 valence electrons. The average Bonchev–Trinajstić information content (AvgIpc) is 2.14. The summed E-state index contributed by atoms with van der Waals surface area (Å²) in [6.45, 7) is -0.456.